The van der Waals surface area contributed by atoms with Crippen LogP contribution in [0.25, 0.3) is 11.0 Å². The SMILES string of the molecule is C=CCn1c(CNC(=O)c2ccc(F)cc2)nc2ccccc21. The number of fused-ring (bicyclic) bond motifs is 1. The van der Waals surface area contributed by atoms with E-state index in [1.54, 1.807) is 6.08 Å². The first-order chi connectivity index (χ1) is 11.2. The van der Waals surface area contributed by atoms with Crippen LogP contribution in [-0.4, -0.2) is 15.5 Å². The Hall–Kier alpha value is -2.95. The lowest BCUT2D eigenvalue weighted by Gasteiger charge is -2.08. The Morgan fingerprint density at radius 2 is 1.96 bits per heavy atom. The van der Waals surface area contributed by atoms with Gasteiger partial charge in [-0.15, -0.1) is 6.58 Å². The maximum absolute atomic E-state index is 12.9. The molecule has 116 valence electrons. The molecule has 1 N–H and O–H groups in total. The van der Waals surface area contributed by atoms with Gasteiger partial charge in [-0.3, -0.25) is 4.79 Å². The van der Waals surface area contributed by atoms with E-state index in [-0.39, 0.29) is 11.7 Å². The molecule has 0 aliphatic heterocycles. The largest absolute Gasteiger partial charge is 0.345 e. The molecule has 23 heavy (non-hydrogen) atoms. The number of hydrogen-bond donors (Lipinski definition) is 1. The summed E-state index contributed by atoms with van der Waals surface area (Å²) in [5, 5.41) is 2.82. The van der Waals surface area contributed by atoms with Gasteiger partial charge in [0.05, 0.1) is 17.6 Å². The van der Waals surface area contributed by atoms with E-state index in [2.05, 4.69) is 16.9 Å². The summed E-state index contributed by atoms with van der Waals surface area (Å²) in [6, 6.07) is 13.2. The molecule has 1 heterocycles. The van der Waals surface area contributed by atoms with Gasteiger partial charge in [-0.2, -0.15) is 0 Å². The molecule has 5 heteroatoms. The summed E-state index contributed by atoms with van der Waals surface area (Å²) in [5.41, 5.74) is 2.29. The lowest BCUT2D eigenvalue weighted by molar-refractivity contribution is 0.0949. The van der Waals surface area contributed by atoms with E-state index in [0.717, 1.165) is 16.9 Å². The number of allylic oxidation sites excluding steroid dienone is 1. The van der Waals surface area contributed by atoms with Crippen LogP contribution in [0.3, 0.4) is 0 Å². The first kappa shape index (κ1) is 15.0. The predicted octanol–water partition coefficient (Wildman–Crippen LogP) is 3.29. The van der Waals surface area contributed by atoms with Crippen LogP contribution in [0.1, 0.15) is 16.2 Å². The Bertz CT molecular complexity index is 852. The first-order valence-electron chi connectivity index (χ1n) is 7.28. The Morgan fingerprint density at radius 1 is 1.22 bits per heavy atom. The highest BCUT2D eigenvalue weighted by molar-refractivity contribution is 5.94. The second-order valence-corrected chi connectivity index (χ2v) is 5.11. The summed E-state index contributed by atoms with van der Waals surface area (Å²) in [4.78, 5) is 16.7. The van der Waals surface area contributed by atoms with Crippen molar-refractivity contribution >= 4 is 16.9 Å². The number of carbonyl (C=O) groups excluding carboxylic acids is 1. The van der Waals surface area contributed by atoms with E-state index < -0.39 is 0 Å². The van der Waals surface area contributed by atoms with Crippen molar-refractivity contribution in [2.75, 3.05) is 0 Å². The molecule has 0 radical (unpaired) electrons. The number of carbonyl (C=O) groups is 1. The fourth-order valence-electron chi connectivity index (χ4n) is 2.46. The number of imidazole rings is 1. The maximum atomic E-state index is 12.9. The number of aromatic nitrogens is 2. The highest BCUT2D eigenvalue weighted by atomic mass is 19.1. The van der Waals surface area contributed by atoms with Crippen LogP contribution >= 0.6 is 0 Å². The predicted molar refractivity (Wildman–Crippen MR) is 87.5 cm³/mol. The number of halogens is 1. The number of benzene rings is 2. The molecule has 0 aliphatic carbocycles. The van der Waals surface area contributed by atoms with Gasteiger partial charge in [-0.25, -0.2) is 9.37 Å². The summed E-state index contributed by atoms with van der Waals surface area (Å²) in [6.45, 7) is 4.67. The number of hydrogen-bond acceptors (Lipinski definition) is 2. The molecule has 3 aromatic rings. The van der Waals surface area contributed by atoms with Gasteiger partial charge in [0.2, 0.25) is 0 Å². The van der Waals surface area contributed by atoms with Gasteiger partial charge in [-0.1, -0.05) is 18.2 Å². The minimum absolute atomic E-state index is 0.262. The van der Waals surface area contributed by atoms with Crippen LogP contribution in [0.4, 0.5) is 4.39 Å². The van der Waals surface area contributed by atoms with Crippen LogP contribution < -0.4 is 5.32 Å². The van der Waals surface area contributed by atoms with Gasteiger partial charge >= 0.3 is 0 Å². The average molecular weight is 309 g/mol. The zero-order valence-corrected chi connectivity index (χ0v) is 12.5. The van der Waals surface area contributed by atoms with E-state index in [1.165, 1.54) is 24.3 Å². The lowest BCUT2D eigenvalue weighted by Crippen LogP contribution is -2.24. The highest BCUT2D eigenvalue weighted by Crippen LogP contribution is 2.16. The van der Waals surface area contributed by atoms with Crippen molar-refractivity contribution in [3.05, 3.63) is 78.4 Å². The third kappa shape index (κ3) is 3.13. The molecule has 3 rings (SSSR count). The zero-order chi connectivity index (χ0) is 16.2. The van der Waals surface area contributed by atoms with Gasteiger partial charge in [0.25, 0.3) is 5.91 Å². The second-order valence-electron chi connectivity index (χ2n) is 5.11. The summed E-state index contributed by atoms with van der Waals surface area (Å²) >= 11 is 0. The molecule has 0 atom stereocenters. The molecule has 0 bridgehead atoms. The van der Waals surface area contributed by atoms with Crippen molar-refractivity contribution in [3.8, 4) is 0 Å². The van der Waals surface area contributed by atoms with Crippen LogP contribution in [0.2, 0.25) is 0 Å². The third-order valence-electron chi connectivity index (χ3n) is 3.56. The molecule has 0 spiro atoms. The van der Waals surface area contributed by atoms with E-state index >= 15 is 0 Å². The molecule has 1 amide bonds. The Kier molecular flexibility index (Phi) is 4.19. The Balaban J connectivity index is 1.81. The highest BCUT2D eigenvalue weighted by Gasteiger charge is 2.11. The van der Waals surface area contributed by atoms with E-state index in [4.69, 9.17) is 0 Å². The molecule has 1 aromatic heterocycles. The Morgan fingerprint density at radius 3 is 2.70 bits per heavy atom. The lowest BCUT2D eigenvalue weighted by atomic mass is 10.2. The monoisotopic (exact) mass is 309 g/mol. The molecule has 0 saturated heterocycles. The van der Waals surface area contributed by atoms with Crippen LogP contribution in [0, 0.1) is 5.82 Å². The van der Waals surface area contributed by atoms with Gasteiger partial charge < -0.3 is 9.88 Å². The van der Waals surface area contributed by atoms with Crippen LogP contribution in [0.5, 0.6) is 0 Å². The van der Waals surface area contributed by atoms with Crippen molar-refractivity contribution < 1.29 is 9.18 Å². The average Bonchev–Trinajstić information content (AvgIpc) is 2.92. The zero-order valence-electron chi connectivity index (χ0n) is 12.5. The number of para-hydroxylation sites is 2. The minimum Gasteiger partial charge on any atom is -0.345 e. The summed E-state index contributed by atoms with van der Waals surface area (Å²) in [5.74, 6) is 0.123. The standard InChI is InChI=1S/C18H16FN3O/c1-2-11-22-16-6-4-3-5-15(16)21-17(22)12-20-18(23)13-7-9-14(19)10-8-13/h2-10H,1,11-12H2,(H,20,23). The normalized spacial score (nSPS) is 10.7. The minimum atomic E-state index is -0.366. The van der Waals surface area contributed by atoms with E-state index in [0.29, 0.717) is 18.7 Å². The van der Waals surface area contributed by atoms with Gasteiger partial charge in [0, 0.05) is 12.1 Å². The van der Waals surface area contributed by atoms with Crippen molar-refractivity contribution in [1.82, 2.24) is 14.9 Å². The van der Waals surface area contributed by atoms with Crippen molar-refractivity contribution in [3.63, 3.8) is 0 Å². The molecule has 0 unspecified atom stereocenters. The molecular weight excluding hydrogens is 293 g/mol. The van der Waals surface area contributed by atoms with E-state index in [1.807, 2.05) is 28.8 Å². The summed E-state index contributed by atoms with van der Waals surface area (Å²) in [7, 11) is 0. The number of nitrogens with one attached hydrogen (secondary N) is 1. The molecule has 0 fully saturated rings. The third-order valence-corrected chi connectivity index (χ3v) is 3.56. The maximum Gasteiger partial charge on any atom is 0.251 e. The van der Waals surface area contributed by atoms with Crippen LogP contribution in [-0.2, 0) is 13.1 Å². The smallest absolute Gasteiger partial charge is 0.251 e. The van der Waals surface area contributed by atoms with Crippen LogP contribution in [0.15, 0.2) is 61.2 Å². The quantitative estimate of drug-likeness (QED) is 0.735. The molecule has 0 aliphatic rings. The molecule has 0 saturated carbocycles. The van der Waals surface area contributed by atoms with Gasteiger partial charge in [0.15, 0.2) is 0 Å². The molecule has 4 nitrogen and oxygen atoms in total. The van der Waals surface area contributed by atoms with E-state index in [9.17, 15) is 9.18 Å². The fourth-order valence-corrected chi connectivity index (χ4v) is 2.46. The topological polar surface area (TPSA) is 46.9 Å². The Labute approximate surface area is 133 Å². The number of amides is 1. The molecular formula is C18H16FN3O. The van der Waals surface area contributed by atoms with Crippen molar-refractivity contribution in [2.24, 2.45) is 0 Å². The van der Waals surface area contributed by atoms with Gasteiger partial charge in [0.1, 0.15) is 11.6 Å². The summed E-state index contributed by atoms with van der Waals surface area (Å²) in [6.07, 6.45) is 1.79. The summed E-state index contributed by atoms with van der Waals surface area (Å²) < 4.78 is 14.9. The fraction of sp³-hybridized carbons (Fsp3) is 0.111. The second kappa shape index (κ2) is 6.44. The first-order valence-corrected chi connectivity index (χ1v) is 7.28. The van der Waals surface area contributed by atoms with Crippen molar-refractivity contribution in [2.45, 2.75) is 13.1 Å². The number of rotatable bonds is 5. The number of nitrogens with zero attached hydrogens (tertiary/aromatic N) is 2. The van der Waals surface area contributed by atoms with Gasteiger partial charge in [-0.05, 0) is 36.4 Å². The molecule has 2 aromatic carbocycles. The van der Waals surface area contributed by atoms with Crippen molar-refractivity contribution in [1.29, 1.82) is 0 Å².